The number of esters is 1. The molecule has 3 nitrogen and oxygen atoms in total. The van der Waals surface area contributed by atoms with Crippen LogP contribution in [0.25, 0.3) is 0 Å². The Labute approximate surface area is 83.1 Å². The van der Waals surface area contributed by atoms with Crippen molar-refractivity contribution in [1.29, 1.82) is 0 Å². The number of carbonyl (C=O) groups is 1. The highest BCUT2D eigenvalue weighted by atomic mass is 16.5. The fraction of sp³-hybridized carbons (Fsp3) is 0.727. The zero-order valence-corrected chi connectivity index (χ0v) is 8.23. The molecule has 1 saturated heterocycles. The molecule has 0 aromatic heterocycles. The summed E-state index contributed by atoms with van der Waals surface area (Å²) < 4.78 is 10.3. The first kappa shape index (κ1) is 8.48. The number of hydrogen-bond donors (Lipinski definition) is 0. The highest BCUT2D eigenvalue weighted by Gasteiger charge is 2.67. The highest BCUT2D eigenvalue weighted by molar-refractivity contribution is 5.76. The molecular weight excluding hydrogens is 180 g/mol. The van der Waals surface area contributed by atoms with Gasteiger partial charge in [0.25, 0.3) is 0 Å². The topological polar surface area (TPSA) is 35.5 Å². The zero-order chi connectivity index (χ0) is 9.76. The Kier molecular flexibility index (Phi) is 1.57. The van der Waals surface area contributed by atoms with Crippen molar-refractivity contribution in [1.82, 2.24) is 0 Å². The minimum atomic E-state index is -0.0399. The molecule has 1 aliphatic heterocycles. The molecule has 76 valence electrons. The van der Waals surface area contributed by atoms with Crippen LogP contribution in [0.5, 0.6) is 0 Å². The van der Waals surface area contributed by atoms with Gasteiger partial charge in [-0.05, 0) is 12.3 Å². The van der Waals surface area contributed by atoms with Gasteiger partial charge in [-0.1, -0.05) is 12.2 Å². The van der Waals surface area contributed by atoms with E-state index in [4.69, 9.17) is 9.47 Å². The van der Waals surface area contributed by atoms with Crippen LogP contribution in [0, 0.1) is 23.2 Å². The third kappa shape index (κ3) is 0.753. The van der Waals surface area contributed by atoms with Crippen molar-refractivity contribution in [3.8, 4) is 0 Å². The Morgan fingerprint density at radius 1 is 1.64 bits per heavy atom. The fourth-order valence-corrected chi connectivity index (χ4v) is 3.35. The highest BCUT2D eigenvalue weighted by Crippen LogP contribution is 2.65. The number of allylic oxidation sites excluding steroid dienone is 1. The summed E-state index contributed by atoms with van der Waals surface area (Å²) in [6.07, 6.45) is 5.36. The quantitative estimate of drug-likeness (QED) is 0.461. The van der Waals surface area contributed by atoms with E-state index in [-0.39, 0.29) is 17.3 Å². The fourth-order valence-electron chi connectivity index (χ4n) is 3.35. The third-order valence-corrected chi connectivity index (χ3v) is 4.14. The van der Waals surface area contributed by atoms with E-state index >= 15 is 0 Å². The van der Waals surface area contributed by atoms with E-state index in [0.29, 0.717) is 11.8 Å². The third-order valence-electron chi connectivity index (χ3n) is 4.14. The van der Waals surface area contributed by atoms with Gasteiger partial charge in [0, 0.05) is 17.9 Å². The van der Waals surface area contributed by atoms with Gasteiger partial charge in [-0.25, -0.2) is 0 Å². The maximum absolute atomic E-state index is 11.5. The number of ether oxygens (including phenoxy) is 2. The van der Waals surface area contributed by atoms with Crippen molar-refractivity contribution in [3.05, 3.63) is 12.2 Å². The van der Waals surface area contributed by atoms with Crippen molar-refractivity contribution >= 4 is 5.97 Å². The number of methoxy groups -OCH3 is 1. The second kappa shape index (κ2) is 2.60. The SMILES string of the molecule is COC(=O)[C@H]1[C@@H]2C=C[C@@]23COCC[C@@H]13. The number of rotatable bonds is 1. The molecule has 3 rings (SSSR count). The smallest absolute Gasteiger partial charge is 0.309 e. The van der Waals surface area contributed by atoms with Crippen molar-refractivity contribution in [3.63, 3.8) is 0 Å². The number of hydrogen-bond acceptors (Lipinski definition) is 3. The van der Waals surface area contributed by atoms with Gasteiger partial charge in [0.1, 0.15) is 0 Å². The predicted octanol–water partition coefficient (Wildman–Crippen LogP) is 0.998. The maximum atomic E-state index is 11.5. The number of carbonyl (C=O) groups excluding carboxylic acids is 1. The van der Waals surface area contributed by atoms with Crippen LogP contribution in [-0.2, 0) is 14.3 Å². The minimum absolute atomic E-state index is 0.0399. The molecule has 0 unspecified atom stereocenters. The molecule has 0 radical (unpaired) electrons. The van der Waals surface area contributed by atoms with Crippen molar-refractivity contribution in [2.75, 3.05) is 20.3 Å². The lowest BCUT2D eigenvalue weighted by Gasteiger charge is -2.64. The molecule has 14 heavy (non-hydrogen) atoms. The van der Waals surface area contributed by atoms with Gasteiger partial charge in [-0.15, -0.1) is 0 Å². The van der Waals surface area contributed by atoms with E-state index in [9.17, 15) is 4.79 Å². The van der Waals surface area contributed by atoms with Crippen LogP contribution in [0.4, 0.5) is 0 Å². The summed E-state index contributed by atoms with van der Waals surface area (Å²) in [5.74, 6) is 0.926. The van der Waals surface area contributed by atoms with Gasteiger partial charge in [0.15, 0.2) is 0 Å². The van der Waals surface area contributed by atoms with Gasteiger partial charge in [0.2, 0.25) is 0 Å². The Bertz CT molecular complexity index is 310. The monoisotopic (exact) mass is 194 g/mol. The summed E-state index contributed by atoms with van der Waals surface area (Å²) in [4.78, 5) is 11.5. The van der Waals surface area contributed by atoms with Gasteiger partial charge in [-0.2, -0.15) is 0 Å². The Morgan fingerprint density at radius 3 is 3.14 bits per heavy atom. The predicted molar refractivity (Wildman–Crippen MR) is 49.5 cm³/mol. The first-order valence-corrected chi connectivity index (χ1v) is 5.14. The average Bonchev–Trinajstić information content (AvgIpc) is 2.23. The van der Waals surface area contributed by atoms with Crippen LogP contribution < -0.4 is 0 Å². The molecule has 3 aliphatic rings. The molecule has 1 spiro atoms. The molecule has 0 aromatic rings. The lowest BCUT2D eigenvalue weighted by atomic mass is 9.40. The van der Waals surface area contributed by atoms with Gasteiger partial charge < -0.3 is 9.47 Å². The molecular formula is C11H14O3. The summed E-state index contributed by atoms with van der Waals surface area (Å²) in [5, 5.41) is 0. The molecule has 2 aliphatic carbocycles. The molecule has 1 saturated carbocycles. The molecule has 1 heterocycles. The van der Waals surface area contributed by atoms with Gasteiger partial charge in [-0.3, -0.25) is 4.79 Å². The molecule has 0 bridgehead atoms. The van der Waals surface area contributed by atoms with Gasteiger partial charge in [0.05, 0.1) is 19.6 Å². The first-order valence-electron chi connectivity index (χ1n) is 5.14. The normalized spacial score (nSPS) is 48.2. The summed E-state index contributed by atoms with van der Waals surface area (Å²) in [7, 11) is 1.48. The summed E-state index contributed by atoms with van der Waals surface area (Å²) in [6, 6.07) is 0. The Hall–Kier alpha value is -0.830. The molecule has 0 N–H and O–H groups in total. The largest absolute Gasteiger partial charge is 0.469 e. The summed E-state index contributed by atoms with van der Waals surface area (Å²) in [5.41, 5.74) is 0.205. The van der Waals surface area contributed by atoms with Crippen molar-refractivity contribution in [2.45, 2.75) is 6.42 Å². The second-order valence-electron chi connectivity index (χ2n) is 4.49. The standard InChI is InChI=1S/C11H14O3/c1-13-10(12)9-7-2-4-11(7)6-14-5-3-8(9)11/h2,4,7-9H,3,5-6H2,1H3/t7-,8-,9-,11+/m0/s1. The molecule has 0 aromatic carbocycles. The first-order chi connectivity index (χ1) is 6.79. The average molecular weight is 194 g/mol. The Morgan fingerprint density at radius 2 is 2.50 bits per heavy atom. The van der Waals surface area contributed by atoms with Crippen LogP contribution >= 0.6 is 0 Å². The summed E-state index contributed by atoms with van der Waals surface area (Å²) >= 11 is 0. The molecule has 3 heteroatoms. The van der Waals surface area contributed by atoms with E-state index in [2.05, 4.69) is 12.2 Å². The van der Waals surface area contributed by atoms with E-state index in [1.54, 1.807) is 0 Å². The molecule has 2 fully saturated rings. The lowest BCUT2D eigenvalue weighted by molar-refractivity contribution is -0.198. The van der Waals surface area contributed by atoms with Crippen molar-refractivity contribution < 1.29 is 14.3 Å². The van der Waals surface area contributed by atoms with Crippen LogP contribution in [-0.4, -0.2) is 26.3 Å². The van der Waals surface area contributed by atoms with E-state index < -0.39 is 0 Å². The summed E-state index contributed by atoms with van der Waals surface area (Å²) in [6.45, 7) is 1.59. The molecule has 0 amide bonds. The zero-order valence-electron chi connectivity index (χ0n) is 8.23. The minimum Gasteiger partial charge on any atom is -0.469 e. The van der Waals surface area contributed by atoms with Crippen LogP contribution in [0.15, 0.2) is 12.2 Å². The van der Waals surface area contributed by atoms with E-state index in [0.717, 1.165) is 19.6 Å². The maximum Gasteiger partial charge on any atom is 0.309 e. The second-order valence-corrected chi connectivity index (χ2v) is 4.49. The van der Waals surface area contributed by atoms with E-state index in [1.807, 2.05) is 0 Å². The Balaban J connectivity index is 1.85. The van der Waals surface area contributed by atoms with Gasteiger partial charge >= 0.3 is 5.97 Å². The van der Waals surface area contributed by atoms with Crippen LogP contribution in [0.2, 0.25) is 0 Å². The van der Waals surface area contributed by atoms with Crippen molar-refractivity contribution in [2.24, 2.45) is 23.2 Å². The van der Waals surface area contributed by atoms with Crippen LogP contribution in [0.1, 0.15) is 6.42 Å². The molecule has 4 atom stereocenters. The van der Waals surface area contributed by atoms with E-state index in [1.165, 1.54) is 7.11 Å². The van der Waals surface area contributed by atoms with Crippen LogP contribution in [0.3, 0.4) is 0 Å². The lowest BCUT2D eigenvalue weighted by Crippen LogP contribution is -2.66.